The summed E-state index contributed by atoms with van der Waals surface area (Å²) >= 11 is 0. The first-order chi connectivity index (χ1) is 13.1. The summed E-state index contributed by atoms with van der Waals surface area (Å²) in [5, 5.41) is 4.25. The van der Waals surface area contributed by atoms with E-state index in [1.54, 1.807) is 26.0 Å². The number of nitrogens with two attached hydrogens (primary N) is 1. The van der Waals surface area contributed by atoms with Crippen LogP contribution in [0.5, 0.6) is 0 Å². The number of carbonyl (C=O) groups is 1. The van der Waals surface area contributed by atoms with Crippen LogP contribution in [0.1, 0.15) is 38.4 Å². The number of rotatable bonds is 4. The van der Waals surface area contributed by atoms with Gasteiger partial charge in [-0.3, -0.25) is 4.79 Å². The van der Waals surface area contributed by atoms with Crippen LogP contribution in [0, 0.1) is 19.7 Å². The zero-order chi connectivity index (χ0) is 20.6. The van der Waals surface area contributed by atoms with Gasteiger partial charge in [0.25, 0.3) is 5.91 Å². The van der Waals surface area contributed by atoms with Crippen molar-refractivity contribution in [3.8, 4) is 5.82 Å². The molecule has 1 aromatic carbocycles. The monoisotopic (exact) mass is 392 g/mol. The Morgan fingerprint density at radius 2 is 1.86 bits per heavy atom. The number of aromatic nitrogens is 3. The van der Waals surface area contributed by atoms with E-state index in [1.165, 1.54) is 10.9 Å². The number of carbonyl (C=O) groups excluding carboxylic acids is 1. The molecule has 3 rings (SSSR count). The molecule has 0 atom stereocenters. The van der Waals surface area contributed by atoms with Gasteiger partial charge in [0, 0.05) is 6.20 Å². The van der Waals surface area contributed by atoms with Crippen LogP contribution in [-0.2, 0) is 12.6 Å². The minimum atomic E-state index is -4.63. The molecule has 5 nitrogen and oxygen atoms in total. The van der Waals surface area contributed by atoms with E-state index in [4.69, 9.17) is 5.73 Å². The smallest absolute Gasteiger partial charge is 0.365 e. The summed E-state index contributed by atoms with van der Waals surface area (Å²) in [6, 6.07) is 5.66. The molecule has 0 unspecified atom stereocenters. The highest BCUT2D eigenvalue weighted by Gasteiger charge is 2.31. The largest absolute Gasteiger partial charge is 0.416 e. The number of primary amides is 1. The number of nitrogens with zero attached hydrogens (tertiary/aromatic N) is 3. The van der Waals surface area contributed by atoms with Gasteiger partial charge in [-0.05, 0) is 61.7 Å². The molecular weight excluding hydrogens is 376 g/mol. The second-order valence-electron chi connectivity index (χ2n) is 6.37. The van der Waals surface area contributed by atoms with Gasteiger partial charge in [0.1, 0.15) is 5.82 Å². The highest BCUT2D eigenvalue weighted by Crippen LogP contribution is 2.31. The van der Waals surface area contributed by atoms with Gasteiger partial charge < -0.3 is 5.73 Å². The molecule has 9 heteroatoms. The third-order valence-corrected chi connectivity index (χ3v) is 4.26. The molecule has 2 aromatic heterocycles. The number of aryl methyl sites for hydroxylation is 1. The number of alkyl halides is 3. The number of hydrogen-bond donors (Lipinski definition) is 1. The average molecular weight is 392 g/mol. The van der Waals surface area contributed by atoms with Gasteiger partial charge in [-0.2, -0.15) is 18.3 Å². The Morgan fingerprint density at radius 3 is 2.46 bits per heavy atom. The molecule has 3 aromatic rings. The fourth-order valence-electron chi connectivity index (χ4n) is 3.06. The Hall–Kier alpha value is -3.23. The standard InChI is InChI=1S/C19H16F4N4O/c1-10-17(18(24)28)11(2)27(26-10)16-8-12(3-4-25-16)5-13-6-14(19(21,22)23)9-15(20)7-13/h3-4,6-9H,5H2,1-2H3,(H2,24,28). The van der Waals surface area contributed by atoms with Crippen molar-refractivity contribution in [2.45, 2.75) is 26.4 Å². The van der Waals surface area contributed by atoms with Crippen molar-refractivity contribution in [2.75, 3.05) is 0 Å². The minimum absolute atomic E-state index is 0.0678. The van der Waals surface area contributed by atoms with Crippen LogP contribution < -0.4 is 5.73 Å². The van der Waals surface area contributed by atoms with Crippen LogP contribution >= 0.6 is 0 Å². The molecule has 28 heavy (non-hydrogen) atoms. The highest BCUT2D eigenvalue weighted by atomic mass is 19.4. The summed E-state index contributed by atoms with van der Waals surface area (Å²) < 4.78 is 53.7. The SMILES string of the molecule is Cc1nn(-c2cc(Cc3cc(F)cc(C(F)(F)F)c3)ccn2)c(C)c1C(N)=O. The zero-order valence-electron chi connectivity index (χ0n) is 15.0. The Morgan fingerprint density at radius 1 is 1.14 bits per heavy atom. The summed E-state index contributed by atoms with van der Waals surface area (Å²) in [5.41, 5.74) is 6.33. The van der Waals surface area contributed by atoms with E-state index in [9.17, 15) is 22.4 Å². The van der Waals surface area contributed by atoms with E-state index < -0.39 is 23.5 Å². The lowest BCUT2D eigenvalue weighted by atomic mass is 10.0. The van der Waals surface area contributed by atoms with E-state index in [2.05, 4.69) is 10.1 Å². The molecule has 0 radical (unpaired) electrons. The summed E-state index contributed by atoms with van der Waals surface area (Å²) in [4.78, 5) is 15.8. The maximum Gasteiger partial charge on any atom is 0.416 e. The van der Waals surface area contributed by atoms with Crippen molar-refractivity contribution in [3.63, 3.8) is 0 Å². The normalized spacial score (nSPS) is 11.6. The van der Waals surface area contributed by atoms with Crippen molar-refractivity contribution < 1.29 is 22.4 Å². The maximum atomic E-state index is 13.6. The number of benzene rings is 1. The van der Waals surface area contributed by atoms with Gasteiger partial charge in [-0.1, -0.05) is 0 Å². The second kappa shape index (κ2) is 7.06. The predicted octanol–water partition coefficient (Wildman–Crippen LogP) is 3.73. The zero-order valence-corrected chi connectivity index (χ0v) is 15.0. The molecule has 1 amide bonds. The van der Waals surface area contributed by atoms with E-state index in [-0.39, 0.29) is 17.5 Å². The minimum Gasteiger partial charge on any atom is -0.365 e. The molecule has 2 heterocycles. The van der Waals surface area contributed by atoms with Crippen LogP contribution in [0.3, 0.4) is 0 Å². The van der Waals surface area contributed by atoms with Crippen LogP contribution in [0.4, 0.5) is 17.6 Å². The third kappa shape index (κ3) is 3.88. The van der Waals surface area contributed by atoms with Crippen LogP contribution in [0.2, 0.25) is 0 Å². The van der Waals surface area contributed by atoms with Crippen molar-refractivity contribution in [3.05, 3.63) is 76.0 Å². The van der Waals surface area contributed by atoms with Crippen LogP contribution in [0.25, 0.3) is 5.82 Å². The summed E-state index contributed by atoms with van der Waals surface area (Å²) in [7, 11) is 0. The van der Waals surface area contributed by atoms with Crippen molar-refractivity contribution in [1.82, 2.24) is 14.8 Å². The van der Waals surface area contributed by atoms with E-state index in [1.807, 2.05) is 0 Å². The lowest BCUT2D eigenvalue weighted by molar-refractivity contribution is -0.137. The highest BCUT2D eigenvalue weighted by molar-refractivity contribution is 5.95. The number of amides is 1. The molecule has 0 aliphatic carbocycles. The first-order valence-electron chi connectivity index (χ1n) is 8.24. The number of hydrogen-bond acceptors (Lipinski definition) is 3. The van der Waals surface area contributed by atoms with E-state index >= 15 is 0 Å². The van der Waals surface area contributed by atoms with Crippen molar-refractivity contribution >= 4 is 5.91 Å². The topological polar surface area (TPSA) is 73.8 Å². The van der Waals surface area contributed by atoms with E-state index in [0.717, 1.165) is 12.1 Å². The molecule has 0 spiro atoms. The summed E-state index contributed by atoms with van der Waals surface area (Å²) in [6.07, 6.45) is -3.09. The molecule has 2 N–H and O–H groups in total. The molecule has 0 saturated carbocycles. The fourth-order valence-corrected chi connectivity index (χ4v) is 3.06. The summed E-state index contributed by atoms with van der Waals surface area (Å²) in [6.45, 7) is 3.30. The van der Waals surface area contributed by atoms with Crippen LogP contribution in [-0.4, -0.2) is 20.7 Å². The third-order valence-electron chi connectivity index (χ3n) is 4.26. The van der Waals surface area contributed by atoms with Crippen LogP contribution in [0.15, 0.2) is 36.5 Å². The van der Waals surface area contributed by atoms with Gasteiger partial charge in [-0.15, -0.1) is 0 Å². The quantitative estimate of drug-likeness (QED) is 0.688. The van der Waals surface area contributed by atoms with Gasteiger partial charge in [0.05, 0.1) is 22.5 Å². The van der Waals surface area contributed by atoms with Gasteiger partial charge in [-0.25, -0.2) is 14.1 Å². The van der Waals surface area contributed by atoms with E-state index in [0.29, 0.717) is 28.8 Å². The number of halogens is 4. The van der Waals surface area contributed by atoms with Gasteiger partial charge >= 0.3 is 6.18 Å². The first-order valence-corrected chi connectivity index (χ1v) is 8.24. The summed E-state index contributed by atoms with van der Waals surface area (Å²) in [5.74, 6) is -1.20. The average Bonchev–Trinajstić information content (AvgIpc) is 2.88. The fraction of sp³-hybridized carbons (Fsp3) is 0.211. The maximum absolute atomic E-state index is 13.6. The second-order valence-corrected chi connectivity index (χ2v) is 6.37. The lowest BCUT2D eigenvalue weighted by Gasteiger charge is -2.10. The lowest BCUT2D eigenvalue weighted by Crippen LogP contribution is -2.13. The predicted molar refractivity (Wildman–Crippen MR) is 93.6 cm³/mol. The van der Waals surface area contributed by atoms with Crippen molar-refractivity contribution in [2.24, 2.45) is 5.73 Å². The number of pyridine rings is 1. The molecule has 0 bridgehead atoms. The molecule has 0 aliphatic rings. The van der Waals surface area contributed by atoms with Crippen molar-refractivity contribution in [1.29, 1.82) is 0 Å². The molecule has 146 valence electrons. The first kappa shape index (κ1) is 19.5. The Labute approximate surface area is 157 Å². The Bertz CT molecular complexity index is 1060. The van der Waals surface area contributed by atoms with Gasteiger partial charge in [0.2, 0.25) is 0 Å². The molecular formula is C19H16F4N4O. The van der Waals surface area contributed by atoms with Gasteiger partial charge in [0.15, 0.2) is 5.82 Å². The molecule has 0 aliphatic heterocycles. The molecule has 0 saturated heterocycles. The Balaban J connectivity index is 1.97. The Kier molecular flexibility index (Phi) is 4.93. The molecule has 0 fully saturated rings.